The summed E-state index contributed by atoms with van der Waals surface area (Å²) in [5, 5.41) is 4.74. The van der Waals surface area contributed by atoms with Crippen molar-refractivity contribution in [2.75, 3.05) is 12.8 Å². The second kappa shape index (κ2) is 3.01. The average molecular weight is 209 g/mol. The number of carbonyl (C=O) groups is 1. The largest absolute Gasteiger partial charge is 0.465 e. The number of methoxy groups -OCH3 is 1. The summed E-state index contributed by atoms with van der Waals surface area (Å²) in [6.07, 6.45) is 0. The lowest BCUT2D eigenvalue weighted by molar-refractivity contribution is 0.0603. The molecule has 6 nitrogen and oxygen atoms in total. The van der Waals surface area contributed by atoms with Crippen molar-refractivity contribution in [2.24, 2.45) is 7.05 Å². The highest BCUT2D eigenvalue weighted by molar-refractivity contribution is 6.07. The maximum atomic E-state index is 11.5. The van der Waals surface area contributed by atoms with Gasteiger partial charge >= 0.3 is 5.97 Å². The first-order chi connectivity index (χ1) is 7.06. The predicted molar refractivity (Wildman–Crippen MR) is 53.5 cm³/mol. The lowest BCUT2D eigenvalue weighted by Crippen LogP contribution is -2.03. The number of aryl methyl sites for hydroxylation is 2. The molecule has 0 aromatic carbocycles. The number of aromatic nitrogens is 2. The number of hydrogen-bond acceptors (Lipinski definition) is 5. The van der Waals surface area contributed by atoms with E-state index in [-0.39, 0.29) is 11.4 Å². The molecule has 0 aliphatic rings. The summed E-state index contributed by atoms with van der Waals surface area (Å²) in [6, 6.07) is 0. The van der Waals surface area contributed by atoms with Crippen molar-refractivity contribution in [3.63, 3.8) is 0 Å². The lowest BCUT2D eigenvalue weighted by atomic mass is 10.2. The Hall–Kier alpha value is -1.98. The van der Waals surface area contributed by atoms with Crippen LogP contribution in [0, 0.1) is 6.92 Å². The van der Waals surface area contributed by atoms with Gasteiger partial charge in [-0.15, -0.1) is 0 Å². The van der Waals surface area contributed by atoms with Gasteiger partial charge in [-0.05, 0) is 6.92 Å². The summed E-state index contributed by atoms with van der Waals surface area (Å²) in [5.41, 5.74) is 7.02. The third-order valence-corrected chi connectivity index (χ3v) is 2.26. The molecule has 0 aliphatic carbocycles. The van der Waals surface area contributed by atoms with E-state index in [0.29, 0.717) is 16.8 Å². The van der Waals surface area contributed by atoms with Crippen LogP contribution >= 0.6 is 0 Å². The highest BCUT2D eigenvalue weighted by Crippen LogP contribution is 2.30. The Kier molecular flexibility index (Phi) is 1.92. The van der Waals surface area contributed by atoms with Gasteiger partial charge in [0.1, 0.15) is 5.56 Å². The first-order valence-corrected chi connectivity index (χ1v) is 4.36. The number of nitrogen functional groups attached to an aromatic ring is 1. The number of rotatable bonds is 1. The Balaban J connectivity index is 2.82. The fourth-order valence-corrected chi connectivity index (χ4v) is 1.62. The normalized spacial score (nSPS) is 10.9. The van der Waals surface area contributed by atoms with Crippen LogP contribution < -0.4 is 5.73 Å². The molecule has 0 atom stereocenters. The Labute approximate surface area is 85.6 Å². The van der Waals surface area contributed by atoms with Crippen molar-refractivity contribution in [1.82, 2.24) is 9.78 Å². The van der Waals surface area contributed by atoms with E-state index in [2.05, 4.69) is 9.84 Å². The lowest BCUT2D eigenvalue weighted by Gasteiger charge is -1.96. The summed E-state index contributed by atoms with van der Waals surface area (Å²) in [6.45, 7) is 1.78. The van der Waals surface area contributed by atoms with Crippen LogP contribution in [0.15, 0.2) is 4.42 Å². The Morgan fingerprint density at radius 2 is 2.27 bits per heavy atom. The van der Waals surface area contributed by atoms with Crippen LogP contribution in [0.25, 0.3) is 11.1 Å². The number of esters is 1. The van der Waals surface area contributed by atoms with Crippen molar-refractivity contribution in [3.8, 4) is 0 Å². The van der Waals surface area contributed by atoms with Gasteiger partial charge in [-0.2, -0.15) is 5.10 Å². The van der Waals surface area contributed by atoms with Gasteiger partial charge in [-0.3, -0.25) is 0 Å². The first-order valence-electron chi connectivity index (χ1n) is 4.36. The Bertz CT molecular complexity index is 538. The number of nitrogens with two attached hydrogens (primary N) is 1. The van der Waals surface area contributed by atoms with Crippen LogP contribution in [0.4, 0.5) is 5.88 Å². The molecule has 0 unspecified atom stereocenters. The molecule has 0 radical (unpaired) electrons. The van der Waals surface area contributed by atoms with Gasteiger partial charge in [0.25, 0.3) is 0 Å². The van der Waals surface area contributed by atoms with Crippen molar-refractivity contribution < 1.29 is 13.9 Å². The van der Waals surface area contributed by atoms with Crippen molar-refractivity contribution >= 4 is 23.0 Å². The number of nitrogens with zero attached hydrogens (tertiary/aromatic N) is 2. The standard InChI is InChI=1S/C9H11N3O3/c1-4-5-6(9(13)14-3)7(10)15-8(5)12(2)11-4/h10H2,1-3H3. The monoisotopic (exact) mass is 209 g/mol. The molecule has 2 aromatic rings. The molecule has 0 saturated carbocycles. The fraction of sp³-hybridized carbons (Fsp3) is 0.333. The van der Waals surface area contributed by atoms with E-state index in [4.69, 9.17) is 10.2 Å². The molecule has 2 heterocycles. The van der Waals surface area contributed by atoms with Crippen LogP contribution in [0.2, 0.25) is 0 Å². The van der Waals surface area contributed by atoms with Crippen molar-refractivity contribution in [1.29, 1.82) is 0 Å². The van der Waals surface area contributed by atoms with Gasteiger partial charge in [0.2, 0.25) is 11.6 Å². The van der Waals surface area contributed by atoms with E-state index >= 15 is 0 Å². The van der Waals surface area contributed by atoms with Crippen LogP contribution in [0.1, 0.15) is 16.1 Å². The molecule has 0 bridgehead atoms. The van der Waals surface area contributed by atoms with E-state index in [1.54, 1.807) is 14.0 Å². The summed E-state index contributed by atoms with van der Waals surface area (Å²) < 4.78 is 11.4. The molecule has 2 aromatic heterocycles. The highest BCUT2D eigenvalue weighted by atomic mass is 16.5. The summed E-state index contributed by atoms with van der Waals surface area (Å²) in [5.74, 6) is -0.449. The van der Waals surface area contributed by atoms with Crippen LogP contribution in [-0.4, -0.2) is 22.9 Å². The second-order valence-electron chi connectivity index (χ2n) is 3.22. The van der Waals surface area contributed by atoms with Gasteiger partial charge in [0.05, 0.1) is 18.2 Å². The van der Waals surface area contributed by atoms with Gasteiger partial charge in [0, 0.05) is 7.05 Å². The SMILES string of the molecule is COC(=O)c1c(N)oc2c1c(C)nn2C. The summed E-state index contributed by atoms with van der Waals surface area (Å²) in [4.78, 5) is 11.5. The second-order valence-corrected chi connectivity index (χ2v) is 3.22. The molecular weight excluding hydrogens is 198 g/mol. The number of carbonyl (C=O) groups excluding carboxylic acids is 1. The summed E-state index contributed by atoms with van der Waals surface area (Å²) >= 11 is 0. The molecule has 0 aliphatic heterocycles. The molecule has 15 heavy (non-hydrogen) atoms. The fourth-order valence-electron chi connectivity index (χ4n) is 1.62. The minimum Gasteiger partial charge on any atom is -0.465 e. The van der Waals surface area contributed by atoms with E-state index in [1.165, 1.54) is 11.8 Å². The molecule has 2 rings (SSSR count). The Morgan fingerprint density at radius 3 is 2.87 bits per heavy atom. The maximum absolute atomic E-state index is 11.5. The van der Waals surface area contributed by atoms with Crippen LogP contribution in [0.5, 0.6) is 0 Å². The zero-order valence-electron chi connectivity index (χ0n) is 8.70. The van der Waals surface area contributed by atoms with Gasteiger partial charge in [-0.1, -0.05) is 0 Å². The van der Waals surface area contributed by atoms with Crippen LogP contribution in [-0.2, 0) is 11.8 Å². The first kappa shape index (κ1) is 9.57. The smallest absolute Gasteiger partial charge is 0.344 e. The predicted octanol–water partition coefficient (Wildman–Crippen LogP) is 0.844. The van der Waals surface area contributed by atoms with Gasteiger partial charge in [-0.25, -0.2) is 9.48 Å². The molecule has 80 valence electrons. The number of furan rings is 1. The number of hydrogen-bond donors (Lipinski definition) is 1. The average Bonchev–Trinajstić information content (AvgIpc) is 2.65. The van der Waals surface area contributed by atoms with E-state index in [1.807, 2.05) is 0 Å². The third kappa shape index (κ3) is 1.18. The zero-order chi connectivity index (χ0) is 11.2. The van der Waals surface area contributed by atoms with Crippen LogP contribution in [0.3, 0.4) is 0 Å². The highest BCUT2D eigenvalue weighted by Gasteiger charge is 2.24. The molecule has 6 heteroatoms. The number of ether oxygens (including phenoxy) is 1. The van der Waals surface area contributed by atoms with Gasteiger partial charge < -0.3 is 14.9 Å². The summed E-state index contributed by atoms with van der Waals surface area (Å²) in [7, 11) is 3.02. The zero-order valence-corrected chi connectivity index (χ0v) is 8.70. The minimum atomic E-state index is -0.512. The molecule has 0 amide bonds. The number of fused-ring (bicyclic) bond motifs is 1. The topological polar surface area (TPSA) is 83.3 Å². The van der Waals surface area contributed by atoms with Crippen molar-refractivity contribution in [3.05, 3.63) is 11.3 Å². The van der Waals surface area contributed by atoms with Crippen molar-refractivity contribution in [2.45, 2.75) is 6.92 Å². The molecule has 2 N–H and O–H groups in total. The molecule has 0 saturated heterocycles. The van der Waals surface area contributed by atoms with E-state index < -0.39 is 5.97 Å². The third-order valence-electron chi connectivity index (χ3n) is 2.26. The molecular formula is C9H11N3O3. The molecule has 0 fully saturated rings. The number of anilines is 1. The van der Waals surface area contributed by atoms with E-state index in [0.717, 1.165) is 0 Å². The minimum absolute atomic E-state index is 0.0629. The maximum Gasteiger partial charge on any atom is 0.344 e. The van der Waals surface area contributed by atoms with E-state index in [9.17, 15) is 4.79 Å². The van der Waals surface area contributed by atoms with Gasteiger partial charge in [0.15, 0.2) is 0 Å². The quantitative estimate of drug-likeness (QED) is 0.703. The Morgan fingerprint density at radius 1 is 1.60 bits per heavy atom. The molecule has 0 spiro atoms.